The van der Waals surface area contributed by atoms with Gasteiger partial charge in [-0.05, 0) is 64.2 Å². The second-order valence-electron chi connectivity index (χ2n) is 13.2. The fourth-order valence-corrected chi connectivity index (χ4v) is 5.24. The average Bonchev–Trinajstić information content (AvgIpc) is 2.99. The number of aliphatic hydroxyl groups is 1. The van der Waals surface area contributed by atoms with Crippen LogP contribution in [-0.2, 0) is 18.4 Å². The molecule has 3 unspecified atom stereocenters. The quantitative estimate of drug-likeness (QED) is 0.0333. The number of amides is 1. The first-order valence-corrected chi connectivity index (χ1v) is 19.5. The van der Waals surface area contributed by atoms with Crippen LogP contribution in [0.15, 0.2) is 48.6 Å². The Labute approximate surface area is 282 Å². The minimum absolute atomic E-state index is 0.0128. The molecular formula is C37H69N2O6P. The lowest BCUT2D eigenvalue weighted by atomic mass is 10.1. The Balaban J connectivity index is 4.70. The number of allylic oxidation sites excluding steroid dienone is 7. The first-order chi connectivity index (χ1) is 22.0. The van der Waals surface area contributed by atoms with Gasteiger partial charge in [-0.15, -0.1) is 0 Å². The van der Waals surface area contributed by atoms with Crippen molar-refractivity contribution >= 4 is 13.7 Å². The van der Waals surface area contributed by atoms with E-state index in [1.165, 1.54) is 38.5 Å². The molecule has 0 aromatic heterocycles. The van der Waals surface area contributed by atoms with Gasteiger partial charge in [0, 0.05) is 6.42 Å². The SMILES string of the molecule is CCCC/C=C\CCCCCCC(=O)NC(COP(=O)([O-])OCC[N+](C)(C)C)C(O)/C=C/CC/C=C/CC/C=C/CCCCCC. The zero-order valence-corrected chi connectivity index (χ0v) is 30.9. The van der Waals surface area contributed by atoms with E-state index in [9.17, 15) is 19.4 Å². The minimum Gasteiger partial charge on any atom is -0.756 e. The van der Waals surface area contributed by atoms with Crippen LogP contribution in [-0.4, -0.2) is 68.5 Å². The zero-order chi connectivity index (χ0) is 34.4. The maximum absolute atomic E-state index is 12.7. The molecule has 0 fully saturated rings. The number of phosphoric acid groups is 1. The third-order valence-electron chi connectivity index (χ3n) is 7.49. The summed E-state index contributed by atoms with van der Waals surface area (Å²) in [5.74, 6) is -0.231. The molecule has 3 atom stereocenters. The first kappa shape index (κ1) is 44.5. The molecule has 0 spiro atoms. The van der Waals surface area contributed by atoms with Crippen LogP contribution < -0.4 is 10.2 Å². The molecule has 0 saturated heterocycles. The van der Waals surface area contributed by atoms with Crippen molar-refractivity contribution < 1.29 is 32.9 Å². The lowest BCUT2D eigenvalue weighted by molar-refractivity contribution is -0.870. The van der Waals surface area contributed by atoms with Crippen molar-refractivity contribution in [3.63, 3.8) is 0 Å². The summed E-state index contributed by atoms with van der Waals surface area (Å²) in [5.41, 5.74) is 0. The summed E-state index contributed by atoms with van der Waals surface area (Å²) in [4.78, 5) is 25.0. The number of hydrogen-bond donors (Lipinski definition) is 2. The normalized spacial score (nSPS) is 15.4. The summed E-state index contributed by atoms with van der Waals surface area (Å²) in [6, 6.07) is -0.911. The van der Waals surface area contributed by atoms with Crippen LogP contribution in [0.25, 0.3) is 0 Å². The van der Waals surface area contributed by atoms with Gasteiger partial charge in [0.15, 0.2) is 0 Å². The van der Waals surface area contributed by atoms with E-state index >= 15 is 0 Å². The number of hydrogen-bond acceptors (Lipinski definition) is 6. The Morgan fingerprint density at radius 1 is 0.739 bits per heavy atom. The number of rotatable bonds is 31. The van der Waals surface area contributed by atoms with E-state index in [-0.39, 0.29) is 12.5 Å². The topological polar surface area (TPSA) is 108 Å². The molecule has 0 rings (SSSR count). The van der Waals surface area contributed by atoms with Gasteiger partial charge in [-0.25, -0.2) is 0 Å². The molecular weight excluding hydrogens is 599 g/mol. The summed E-state index contributed by atoms with van der Waals surface area (Å²) >= 11 is 0. The molecule has 8 nitrogen and oxygen atoms in total. The molecule has 0 aromatic carbocycles. The van der Waals surface area contributed by atoms with E-state index in [2.05, 4.69) is 55.6 Å². The van der Waals surface area contributed by atoms with Crippen molar-refractivity contribution in [1.29, 1.82) is 0 Å². The summed E-state index contributed by atoms with van der Waals surface area (Å²) in [5, 5.41) is 13.6. The van der Waals surface area contributed by atoms with Crippen LogP contribution in [0.5, 0.6) is 0 Å². The number of carbonyl (C=O) groups excluding carboxylic acids is 1. The monoisotopic (exact) mass is 668 g/mol. The van der Waals surface area contributed by atoms with Crippen LogP contribution in [0.2, 0.25) is 0 Å². The summed E-state index contributed by atoms with van der Waals surface area (Å²) in [7, 11) is 1.22. The Morgan fingerprint density at radius 2 is 1.24 bits per heavy atom. The lowest BCUT2D eigenvalue weighted by Crippen LogP contribution is -2.45. The molecule has 0 aliphatic carbocycles. The summed E-state index contributed by atoms with van der Waals surface area (Å²) < 4.78 is 23.0. The molecule has 9 heteroatoms. The number of unbranched alkanes of at least 4 members (excludes halogenated alkanes) is 12. The van der Waals surface area contributed by atoms with Crippen LogP contribution >= 0.6 is 7.82 Å². The van der Waals surface area contributed by atoms with Crippen molar-refractivity contribution in [2.24, 2.45) is 0 Å². The van der Waals surface area contributed by atoms with Gasteiger partial charge in [0.2, 0.25) is 5.91 Å². The second kappa shape index (κ2) is 29.6. The van der Waals surface area contributed by atoms with E-state index in [1.807, 2.05) is 27.2 Å². The molecule has 1 amide bonds. The van der Waals surface area contributed by atoms with Crippen LogP contribution in [0.4, 0.5) is 0 Å². The van der Waals surface area contributed by atoms with Crippen LogP contribution in [0.3, 0.4) is 0 Å². The van der Waals surface area contributed by atoms with E-state index in [4.69, 9.17) is 9.05 Å². The molecule has 0 heterocycles. The Hall–Kier alpha value is -1.54. The van der Waals surface area contributed by atoms with Crippen molar-refractivity contribution in [2.75, 3.05) is 40.9 Å². The van der Waals surface area contributed by atoms with Crippen molar-refractivity contribution in [3.05, 3.63) is 48.6 Å². The zero-order valence-electron chi connectivity index (χ0n) is 30.0. The molecule has 268 valence electrons. The highest BCUT2D eigenvalue weighted by Crippen LogP contribution is 2.38. The molecule has 0 bridgehead atoms. The third-order valence-corrected chi connectivity index (χ3v) is 8.45. The predicted molar refractivity (Wildman–Crippen MR) is 191 cm³/mol. The maximum Gasteiger partial charge on any atom is 0.268 e. The van der Waals surface area contributed by atoms with Gasteiger partial charge in [0.05, 0.1) is 39.9 Å². The highest BCUT2D eigenvalue weighted by molar-refractivity contribution is 7.45. The number of aliphatic hydroxyl groups excluding tert-OH is 1. The molecule has 0 radical (unpaired) electrons. The van der Waals surface area contributed by atoms with Gasteiger partial charge < -0.3 is 28.8 Å². The number of carbonyl (C=O) groups is 1. The summed E-state index contributed by atoms with van der Waals surface area (Å²) in [6.07, 6.45) is 34.4. The number of quaternary nitrogens is 1. The maximum atomic E-state index is 12.7. The van der Waals surface area contributed by atoms with Gasteiger partial charge in [0.1, 0.15) is 13.2 Å². The number of likely N-dealkylation sites (N-methyl/N-ethyl adjacent to an activating group) is 1. The standard InChI is InChI=1S/C37H69N2O6P/c1-6-8-10-12-14-16-18-19-20-21-22-24-26-28-30-36(40)35(34-45-46(42,43)44-33-32-39(3,4)5)38-37(41)31-29-27-25-23-17-15-13-11-9-7-2/h13,15-16,18,21-22,28,30,35-36,40H,6-12,14,17,19-20,23-27,29,31-34H2,1-5H3,(H-,38,41,42,43)/b15-13-,18-16+,22-21+,30-28+. The van der Waals surface area contributed by atoms with E-state index in [1.54, 1.807) is 6.08 Å². The largest absolute Gasteiger partial charge is 0.756 e. The van der Waals surface area contributed by atoms with Crippen molar-refractivity contribution in [3.8, 4) is 0 Å². The fourth-order valence-electron chi connectivity index (χ4n) is 4.51. The minimum atomic E-state index is -4.59. The third kappa shape index (κ3) is 31.1. The smallest absolute Gasteiger partial charge is 0.268 e. The van der Waals surface area contributed by atoms with Crippen molar-refractivity contribution in [1.82, 2.24) is 5.32 Å². The van der Waals surface area contributed by atoms with Gasteiger partial charge in [-0.3, -0.25) is 9.36 Å². The van der Waals surface area contributed by atoms with Gasteiger partial charge in [0.25, 0.3) is 7.82 Å². The van der Waals surface area contributed by atoms with Gasteiger partial charge in [-0.2, -0.15) is 0 Å². The predicted octanol–water partition coefficient (Wildman–Crippen LogP) is 8.33. The van der Waals surface area contributed by atoms with Gasteiger partial charge >= 0.3 is 0 Å². The molecule has 0 saturated carbocycles. The van der Waals surface area contributed by atoms with Crippen LogP contribution in [0.1, 0.15) is 129 Å². The fraction of sp³-hybridized carbons (Fsp3) is 0.757. The lowest BCUT2D eigenvalue weighted by Gasteiger charge is -2.29. The highest BCUT2D eigenvalue weighted by atomic mass is 31.2. The number of nitrogens with one attached hydrogen (secondary N) is 1. The molecule has 0 aliphatic rings. The Kier molecular flexibility index (Phi) is 28.6. The summed E-state index contributed by atoms with van der Waals surface area (Å²) in [6.45, 7) is 4.49. The van der Waals surface area contributed by atoms with Gasteiger partial charge in [-0.1, -0.05) is 107 Å². The van der Waals surface area contributed by atoms with E-state index in [0.717, 1.165) is 70.6 Å². The average molecular weight is 669 g/mol. The van der Waals surface area contributed by atoms with E-state index in [0.29, 0.717) is 17.4 Å². The molecule has 46 heavy (non-hydrogen) atoms. The highest BCUT2D eigenvalue weighted by Gasteiger charge is 2.23. The van der Waals surface area contributed by atoms with E-state index < -0.39 is 26.6 Å². The van der Waals surface area contributed by atoms with Crippen LogP contribution in [0, 0.1) is 0 Å². The van der Waals surface area contributed by atoms with Crippen molar-refractivity contribution in [2.45, 2.75) is 142 Å². The Bertz CT molecular complexity index is 897. The second-order valence-corrected chi connectivity index (χ2v) is 14.6. The first-order valence-electron chi connectivity index (χ1n) is 18.0. The molecule has 0 aromatic rings. The number of phosphoric ester groups is 1. The number of nitrogens with zero attached hydrogens (tertiary/aromatic N) is 1. The molecule has 0 aliphatic heterocycles. The molecule has 2 N–H and O–H groups in total. The Morgan fingerprint density at radius 3 is 1.80 bits per heavy atom.